The summed E-state index contributed by atoms with van der Waals surface area (Å²) in [5.41, 5.74) is 0.838. The van der Waals surface area contributed by atoms with Crippen molar-refractivity contribution >= 4 is 33.4 Å². The average Bonchev–Trinajstić information content (AvgIpc) is 3.04. The molecule has 2 aromatic rings. The molecule has 1 aliphatic heterocycles. The predicted molar refractivity (Wildman–Crippen MR) is 128 cm³/mol. The highest BCUT2D eigenvalue weighted by Gasteiger charge is 2.46. The Morgan fingerprint density at radius 2 is 1.94 bits per heavy atom. The fourth-order valence-corrected chi connectivity index (χ4v) is 4.19. The number of likely N-dealkylation sites (N-methyl/N-ethyl adjacent to an activating group) is 1. The maximum Gasteiger partial charge on any atom is 0.295 e. The number of aliphatic hydroxyl groups excluding tert-OH is 1. The van der Waals surface area contributed by atoms with E-state index in [0.29, 0.717) is 34.5 Å². The number of aromatic hydroxyl groups is 1. The minimum absolute atomic E-state index is 0.0351. The van der Waals surface area contributed by atoms with Gasteiger partial charge in [0.25, 0.3) is 11.7 Å². The van der Waals surface area contributed by atoms with E-state index < -0.39 is 17.7 Å². The number of hydrogen-bond donors (Lipinski definition) is 2. The number of Topliss-reactive ketones (excluding diaryl/α,β-unsaturated/α-hetero) is 1. The first-order valence-corrected chi connectivity index (χ1v) is 11.2. The molecule has 0 bridgehead atoms. The van der Waals surface area contributed by atoms with Gasteiger partial charge in [-0.2, -0.15) is 0 Å². The molecule has 33 heavy (non-hydrogen) atoms. The number of amides is 1. The predicted octanol–water partition coefficient (Wildman–Crippen LogP) is 3.55. The van der Waals surface area contributed by atoms with Crippen LogP contribution in [-0.4, -0.2) is 72.6 Å². The molecule has 2 N–H and O–H groups in total. The second-order valence-corrected chi connectivity index (χ2v) is 8.66. The van der Waals surface area contributed by atoms with Crippen molar-refractivity contribution in [1.82, 2.24) is 9.80 Å². The number of likely N-dealkylation sites (tertiary alicyclic amines) is 1. The van der Waals surface area contributed by atoms with E-state index in [-0.39, 0.29) is 29.4 Å². The van der Waals surface area contributed by atoms with Gasteiger partial charge in [-0.3, -0.25) is 9.59 Å². The molecule has 1 fully saturated rings. The number of benzene rings is 2. The average molecular weight is 519 g/mol. The van der Waals surface area contributed by atoms with Crippen LogP contribution in [0.15, 0.2) is 46.4 Å². The lowest BCUT2D eigenvalue weighted by molar-refractivity contribution is -0.140. The molecule has 0 aromatic heterocycles. The van der Waals surface area contributed by atoms with Crippen LogP contribution in [-0.2, 0) is 9.59 Å². The molecule has 1 heterocycles. The van der Waals surface area contributed by atoms with Crippen LogP contribution in [0.1, 0.15) is 24.1 Å². The fourth-order valence-electron chi connectivity index (χ4n) is 3.73. The number of phenolic OH excluding ortho intramolecular Hbond substituents is 1. The monoisotopic (exact) mass is 518 g/mol. The van der Waals surface area contributed by atoms with Gasteiger partial charge in [-0.05, 0) is 66.8 Å². The Bertz CT molecular complexity index is 1100. The third-order valence-corrected chi connectivity index (χ3v) is 5.94. The van der Waals surface area contributed by atoms with E-state index in [0.717, 1.165) is 0 Å². The fraction of sp³-hybridized carbons (Fsp3) is 0.333. The molecule has 1 saturated heterocycles. The highest BCUT2D eigenvalue weighted by molar-refractivity contribution is 9.10. The van der Waals surface area contributed by atoms with Crippen LogP contribution in [0.5, 0.6) is 17.2 Å². The normalized spacial score (nSPS) is 17.6. The molecule has 2 aromatic carbocycles. The molecule has 1 aliphatic rings. The Kier molecular flexibility index (Phi) is 7.65. The van der Waals surface area contributed by atoms with Crippen LogP contribution in [0.25, 0.3) is 5.76 Å². The number of aliphatic hydroxyl groups is 1. The number of carbonyl (C=O) groups is 2. The van der Waals surface area contributed by atoms with Crippen molar-refractivity contribution < 1.29 is 29.3 Å². The van der Waals surface area contributed by atoms with E-state index in [1.165, 1.54) is 12.0 Å². The van der Waals surface area contributed by atoms with Gasteiger partial charge in [0.1, 0.15) is 11.5 Å². The molecule has 9 heteroatoms. The zero-order valence-corrected chi connectivity index (χ0v) is 20.5. The van der Waals surface area contributed by atoms with E-state index in [2.05, 4.69) is 15.9 Å². The van der Waals surface area contributed by atoms with Gasteiger partial charge >= 0.3 is 0 Å². The second-order valence-electron chi connectivity index (χ2n) is 7.81. The van der Waals surface area contributed by atoms with E-state index in [1.54, 1.807) is 36.4 Å². The second kappa shape index (κ2) is 10.3. The molecule has 1 unspecified atom stereocenters. The van der Waals surface area contributed by atoms with Crippen LogP contribution in [0.2, 0.25) is 0 Å². The van der Waals surface area contributed by atoms with Crippen LogP contribution < -0.4 is 9.47 Å². The zero-order valence-electron chi connectivity index (χ0n) is 19.0. The molecule has 0 aliphatic carbocycles. The van der Waals surface area contributed by atoms with E-state index in [4.69, 9.17) is 9.47 Å². The van der Waals surface area contributed by atoms with Crippen LogP contribution in [0, 0.1) is 0 Å². The lowest BCUT2D eigenvalue weighted by atomic mass is 9.95. The van der Waals surface area contributed by atoms with Gasteiger partial charge in [0.05, 0.1) is 29.8 Å². The van der Waals surface area contributed by atoms with Gasteiger partial charge in [-0.15, -0.1) is 0 Å². The number of carbonyl (C=O) groups excluding carboxylic acids is 2. The lowest BCUT2D eigenvalue weighted by Crippen LogP contribution is -2.35. The molecular weight excluding hydrogens is 492 g/mol. The first kappa shape index (κ1) is 24.6. The van der Waals surface area contributed by atoms with Crippen molar-refractivity contribution in [3.05, 3.63) is 57.6 Å². The Morgan fingerprint density at radius 3 is 2.58 bits per heavy atom. The van der Waals surface area contributed by atoms with E-state index >= 15 is 0 Å². The molecule has 8 nitrogen and oxygen atoms in total. The van der Waals surface area contributed by atoms with Gasteiger partial charge in [0.2, 0.25) is 0 Å². The van der Waals surface area contributed by atoms with Gasteiger partial charge < -0.3 is 29.5 Å². The van der Waals surface area contributed by atoms with Gasteiger partial charge in [0.15, 0.2) is 11.5 Å². The number of ether oxygens (including phenoxy) is 2. The number of phenols is 1. The molecule has 176 valence electrons. The van der Waals surface area contributed by atoms with E-state index in [1.807, 2.05) is 25.9 Å². The summed E-state index contributed by atoms with van der Waals surface area (Å²) in [7, 11) is 5.14. The molecule has 3 rings (SSSR count). The maximum atomic E-state index is 13.1. The standard InChI is InChI=1S/C24H27BrN2O6/c1-5-33-16-8-6-7-14(11-16)21(28)19-20(15-12-17(25)22(29)18(13-15)32-4)27(10-9-26(2)3)24(31)23(19)30/h6-8,11-13,20,28-29H,5,9-10H2,1-4H3. The summed E-state index contributed by atoms with van der Waals surface area (Å²) in [5.74, 6) is -1.16. The van der Waals surface area contributed by atoms with Crippen molar-refractivity contribution in [1.29, 1.82) is 0 Å². The largest absolute Gasteiger partial charge is 0.507 e. The highest BCUT2D eigenvalue weighted by atomic mass is 79.9. The molecule has 1 amide bonds. The number of hydrogen-bond acceptors (Lipinski definition) is 7. The SMILES string of the molecule is CCOc1cccc(C(O)=C2C(=O)C(=O)N(CCN(C)C)C2c2cc(Br)c(O)c(OC)c2)c1. The molecule has 0 saturated carbocycles. The number of rotatable bonds is 8. The topological polar surface area (TPSA) is 99.5 Å². The summed E-state index contributed by atoms with van der Waals surface area (Å²) >= 11 is 3.30. The molecule has 1 atom stereocenters. The van der Waals surface area contributed by atoms with Gasteiger partial charge in [-0.25, -0.2) is 0 Å². The number of halogens is 1. The number of methoxy groups -OCH3 is 1. The van der Waals surface area contributed by atoms with Gasteiger partial charge in [0, 0.05) is 18.7 Å². The summed E-state index contributed by atoms with van der Waals surface area (Å²) in [6.45, 7) is 3.07. The van der Waals surface area contributed by atoms with Crippen molar-refractivity contribution in [3.8, 4) is 17.2 Å². The van der Waals surface area contributed by atoms with E-state index in [9.17, 15) is 19.8 Å². The molecule has 0 spiro atoms. The maximum absolute atomic E-state index is 13.1. The Hall–Kier alpha value is -3.04. The smallest absolute Gasteiger partial charge is 0.295 e. The third-order valence-electron chi connectivity index (χ3n) is 5.33. The Morgan fingerprint density at radius 1 is 1.21 bits per heavy atom. The van der Waals surface area contributed by atoms with Crippen molar-refractivity contribution in [2.45, 2.75) is 13.0 Å². The first-order chi connectivity index (χ1) is 15.7. The van der Waals surface area contributed by atoms with Crippen molar-refractivity contribution in [2.75, 3.05) is 40.9 Å². The lowest BCUT2D eigenvalue weighted by Gasteiger charge is -2.27. The quantitative estimate of drug-likeness (QED) is 0.313. The summed E-state index contributed by atoms with van der Waals surface area (Å²) in [6.07, 6.45) is 0. The Labute approximate surface area is 201 Å². The van der Waals surface area contributed by atoms with Gasteiger partial charge in [-0.1, -0.05) is 12.1 Å². The van der Waals surface area contributed by atoms with Crippen LogP contribution in [0.3, 0.4) is 0 Å². The molecular formula is C24H27BrN2O6. The highest BCUT2D eigenvalue weighted by Crippen LogP contribution is 2.44. The third kappa shape index (κ3) is 4.99. The summed E-state index contributed by atoms with van der Waals surface area (Å²) in [6, 6.07) is 9.02. The minimum Gasteiger partial charge on any atom is -0.507 e. The van der Waals surface area contributed by atoms with Crippen LogP contribution in [0.4, 0.5) is 0 Å². The summed E-state index contributed by atoms with van der Waals surface area (Å²) < 4.78 is 11.1. The summed E-state index contributed by atoms with van der Waals surface area (Å²) in [4.78, 5) is 29.5. The number of nitrogens with zero attached hydrogens (tertiary/aromatic N) is 2. The minimum atomic E-state index is -0.869. The first-order valence-electron chi connectivity index (χ1n) is 10.4. The summed E-state index contributed by atoms with van der Waals surface area (Å²) in [5, 5.41) is 21.4. The molecule has 0 radical (unpaired) electrons. The van der Waals surface area contributed by atoms with Crippen LogP contribution >= 0.6 is 15.9 Å². The zero-order chi connectivity index (χ0) is 24.3. The Balaban J connectivity index is 2.21. The van der Waals surface area contributed by atoms with Crippen molar-refractivity contribution in [2.24, 2.45) is 0 Å². The number of ketones is 1. The van der Waals surface area contributed by atoms with Crippen molar-refractivity contribution in [3.63, 3.8) is 0 Å².